The second kappa shape index (κ2) is 15.8. The third-order valence-corrected chi connectivity index (χ3v) is 5.24. The molecule has 0 aliphatic heterocycles. The van der Waals surface area contributed by atoms with E-state index < -0.39 is 0 Å². The third-order valence-electron chi connectivity index (χ3n) is 5.24. The molecule has 30 heavy (non-hydrogen) atoms. The van der Waals surface area contributed by atoms with Gasteiger partial charge in [-0.2, -0.15) is 0 Å². The average Bonchev–Trinajstić information content (AvgIpc) is 2.73. The van der Waals surface area contributed by atoms with Gasteiger partial charge in [-0.3, -0.25) is 0 Å². The lowest BCUT2D eigenvalue weighted by Gasteiger charge is -2.33. The average molecular weight is 410 g/mol. The van der Waals surface area contributed by atoms with Crippen LogP contribution in [0.1, 0.15) is 78.0 Å². The Hall–Kier alpha value is -2.02. The summed E-state index contributed by atoms with van der Waals surface area (Å²) in [5, 5.41) is 0. The molecule has 0 bridgehead atoms. The van der Waals surface area contributed by atoms with Crippen LogP contribution >= 0.6 is 0 Å². The lowest BCUT2D eigenvalue weighted by Crippen LogP contribution is -2.36. The Morgan fingerprint density at radius 1 is 0.900 bits per heavy atom. The van der Waals surface area contributed by atoms with Crippen LogP contribution in [0.5, 0.6) is 0 Å². The zero-order chi connectivity index (χ0) is 23.1. The van der Waals surface area contributed by atoms with Gasteiger partial charge in [-0.05, 0) is 70.1 Å². The van der Waals surface area contributed by atoms with Crippen LogP contribution in [0, 0.1) is 19.8 Å². The maximum absolute atomic E-state index is 3.67. The highest BCUT2D eigenvalue weighted by atomic mass is 15.2. The highest BCUT2D eigenvalue weighted by Crippen LogP contribution is 2.23. The normalized spacial score (nSPS) is 11.0. The van der Waals surface area contributed by atoms with E-state index in [0.29, 0.717) is 12.0 Å². The van der Waals surface area contributed by atoms with Gasteiger partial charge < -0.3 is 4.90 Å². The third kappa shape index (κ3) is 11.9. The number of para-hydroxylation sites is 1. The SMILES string of the molecule is C=C(C)CC.CCC(C)N(CC(C)C)c1ccccc1C.CCc1ccc(C)cc1. The molecule has 0 fully saturated rings. The van der Waals surface area contributed by atoms with Crippen LogP contribution in [-0.2, 0) is 6.42 Å². The molecule has 0 amide bonds. The molecule has 0 spiro atoms. The number of anilines is 1. The van der Waals surface area contributed by atoms with Gasteiger partial charge in [-0.15, -0.1) is 6.58 Å². The van der Waals surface area contributed by atoms with Crippen molar-refractivity contribution in [1.82, 2.24) is 0 Å². The molecule has 2 rings (SSSR count). The molecule has 0 N–H and O–H groups in total. The van der Waals surface area contributed by atoms with E-state index in [9.17, 15) is 0 Å². The molecule has 1 unspecified atom stereocenters. The van der Waals surface area contributed by atoms with Gasteiger partial charge in [0.1, 0.15) is 0 Å². The molecular weight excluding hydrogens is 362 g/mol. The van der Waals surface area contributed by atoms with Gasteiger partial charge in [0.25, 0.3) is 0 Å². The molecule has 2 aromatic carbocycles. The summed E-state index contributed by atoms with van der Waals surface area (Å²) in [6.45, 7) is 24.6. The smallest absolute Gasteiger partial charge is 0.0398 e. The first kappa shape index (κ1) is 28.0. The van der Waals surface area contributed by atoms with E-state index in [1.807, 2.05) is 6.92 Å². The molecule has 0 saturated heterocycles. The second-order valence-corrected chi connectivity index (χ2v) is 8.74. The van der Waals surface area contributed by atoms with E-state index in [4.69, 9.17) is 0 Å². The van der Waals surface area contributed by atoms with Crippen LogP contribution in [0.2, 0.25) is 0 Å². The van der Waals surface area contributed by atoms with Gasteiger partial charge in [0, 0.05) is 18.3 Å². The molecule has 168 valence electrons. The van der Waals surface area contributed by atoms with Gasteiger partial charge in [-0.1, -0.05) is 88.2 Å². The van der Waals surface area contributed by atoms with Crippen LogP contribution < -0.4 is 4.90 Å². The first-order valence-corrected chi connectivity index (χ1v) is 11.7. The van der Waals surface area contributed by atoms with E-state index in [0.717, 1.165) is 19.4 Å². The molecule has 0 aliphatic rings. The summed E-state index contributed by atoms with van der Waals surface area (Å²) in [5.74, 6) is 0.702. The number of hydrogen-bond donors (Lipinski definition) is 0. The Morgan fingerprint density at radius 2 is 1.43 bits per heavy atom. The number of rotatable bonds is 7. The first-order chi connectivity index (χ1) is 14.2. The fourth-order valence-electron chi connectivity index (χ4n) is 2.84. The first-order valence-electron chi connectivity index (χ1n) is 11.7. The molecule has 0 aliphatic carbocycles. The number of aryl methyl sites for hydroxylation is 3. The molecular formula is C29H47N. The molecule has 0 heterocycles. The van der Waals surface area contributed by atoms with E-state index in [-0.39, 0.29) is 0 Å². The fraction of sp³-hybridized carbons (Fsp3) is 0.517. The summed E-state index contributed by atoms with van der Waals surface area (Å²) in [5.41, 5.74) is 6.78. The van der Waals surface area contributed by atoms with Crippen LogP contribution in [-0.4, -0.2) is 12.6 Å². The second-order valence-electron chi connectivity index (χ2n) is 8.74. The minimum absolute atomic E-state index is 0.614. The van der Waals surface area contributed by atoms with Crippen molar-refractivity contribution in [2.45, 2.75) is 87.6 Å². The van der Waals surface area contributed by atoms with Gasteiger partial charge in [0.05, 0.1) is 0 Å². The predicted molar refractivity (Wildman–Crippen MR) is 139 cm³/mol. The minimum atomic E-state index is 0.614. The van der Waals surface area contributed by atoms with Crippen LogP contribution in [0.4, 0.5) is 5.69 Å². The molecule has 1 nitrogen and oxygen atoms in total. The Labute approximate surface area is 188 Å². The Bertz CT molecular complexity index is 697. The summed E-state index contributed by atoms with van der Waals surface area (Å²) >= 11 is 0. The van der Waals surface area contributed by atoms with Crippen molar-refractivity contribution >= 4 is 5.69 Å². The number of nitrogens with zero attached hydrogens (tertiary/aromatic N) is 1. The summed E-state index contributed by atoms with van der Waals surface area (Å²) < 4.78 is 0. The molecule has 0 radical (unpaired) electrons. The number of hydrogen-bond acceptors (Lipinski definition) is 1. The molecule has 0 saturated carbocycles. The fourth-order valence-corrected chi connectivity index (χ4v) is 2.84. The topological polar surface area (TPSA) is 3.24 Å². The van der Waals surface area contributed by atoms with Crippen molar-refractivity contribution < 1.29 is 0 Å². The summed E-state index contributed by atoms with van der Waals surface area (Å²) in [6.07, 6.45) is 3.45. The Morgan fingerprint density at radius 3 is 1.83 bits per heavy atom. The van der Waals surface area contributed by atoms with Gasteiger partial charge in [0.15, 0.2) is 0 Å². The van der Waals surface area contributed by atoms with Crippen LogP contribution in [0.15, 0.2) is 60.7 Å². The lowest BCUT2D eigenvalue weighted by atomic mass is 10.1. The summed E-state index contributed by atoms with van der Waals surface area (Å²) in [6, 6.07) is 18.0. The largest absolute Gasteiger partial charge is 0.368 e. The standard InChI is InChI=1S/C15H25N.C9H12.C5H10/c1-6-14(5)16(11-12(2)3)15-10-8-7-9-13(15)4;1-3-9-6-4-8(2)5-7-9;1-4-5(2)3/h7-10,12,14H,6,11H2,1-5H3;4-7H,3H2,1-2H3;2,4H2,1,3H3. The molecule has 1 atom stereocenters. The zero-order valence-electron chi connectivity index (χ0n) is 21.3. The Kier molecular flexibility index (Phi) is 14.7. The highest BCUT2D eigenvalue weighted by molar-refractivity contribution is 5.53. The monoisotopic (exact) mass is 409 g/mol. The van der Waals surface area contributed by atoms with E-state index >= 15 is 0 Å². The van der Waals surface area contributed by atoms with Crippen molar-refractivity contribution in [1.29, 1.82) is 0 Å². The quantitative estimate of drug-likeness (QED) is 0.413. The number of allylic oxidation sites excluding steroid dienone is 1. The van der Waals surface area contributed by atoms with Crippen molar-refractivity contribution in [3.8, 4) is 0 Å². The van der Waals surface area contributed by atoms with Crippen LogP contribution in [0.25, 0.3) is 0 Å². The summed E-state index contributed by atoms with van der Waals surface area (Å²) in [4.78, 5) is 2.54. The van der Waals surface area contributed by atoms with E-state index in [1.165, 1.54) is 34.4 Å². The maximum Gasteiger partial charge on any atom is 0.0398 e. The lowest BCUT2D eigenvalue weighted by molar-refractivity contribution is 0.541. The zero-order valence-corrected chi connectivity index (χ0v) is 21.3. The molecule has 0 aromatic heterocycles. The highest BCUT2D eigenvalue weighted by Gasteiger charge is 2.15. The molecule has 1 heteroatoms. The van der Waals surface area contributed by atoms with Crippen molar-refractivity contribution in [3.63, 3.8) is 0 Å². The van der Waals surface area contributed by atoms with E-state index in [2.05, 4.69) is 115 Å². The maximum atomic E-state index is 3.67. The van der Waals surface area contributed by atoms with Crippen molar-refractivity contribution in [2.75, 3.05) is 11.4 Å². The summed E-state index contributed by atoms with van der Waals surface area (Å²) in [7, 11) is 0. The van der Waals surface area contributed by atoms with Gasteiger partial charge >= 0.3 is 0 Å². The van der Waals surface area contributed by atoms with Gasteiger partial charge in [0.2, 0.25) is 0 Å². The van der Waals surface area contributed by atoms with Gasteiger partial charge in [-0.25, -0.2) is 0 Å². The Balaban J connectivity index is 0.000000502. The van der Waals surface area contributed by atoms with Crippen molar-refractivity contribution in [3.05, 3.63) is 77.4 Å². The molecule has 2 aromatic rings. The van der Waals surface area contributed by atoms with Crippen LogP contribution in [0.3, 0.4) is 0 Å². The predicted octanol–water partition coefficient (Wildman–Crippen LogP) is 8.79. The van der Waals surface area contributed by atoms with E-state index in [1.54, 1.807) is 0 Å². The minimum Gasteiger partial charge on any atom is -0.368 e. The van der Waals surface area contributed by atoms with Crippen molar-refractivity contribution in [2.24, 2.45) is 5.92 Å². The number of benzene rings is 2.